The second-order valence-electron chi connectivity index (χ2n) is 11.2. The van der Waals surface area contributed by atoms with E-state index in [-0.39, 0.29) is 35.3 Å². The number of nitrogens with one attached hydrogen (secondary N) is 2. The summed E-state index contributed by atoms with van der Waals surface area (Å²) < 4.78 is 67.4. The monoisotopic (exact) mass is 596 g/mol. The molecule has 0 unspecified atom stereocenters. The fourth-order valence-electron chi connectivity index (χ4n) is 4.76. The molecule has 4 rings (SSSR count). The Morgan fingerprint density at radius 3 is 2.44 bits per heavy atom. The van der Waals surface area contributed by atoms with Crippen molar-refractivity contribution in [2.24, 2.45) is 9.36 Å². The predicted octanol–water partition coefficient (Wildman–Crippen LogP) is 4.64. The normalized spacial score (nSPS) is 25.0. The van der Waals surface area contributed by atoms with Crippen molar-refractivity contribution < 1.29 is 36.4 Å². The van der Waals surface area contributed by atoms with Gasteiger partial charge in [0.15, 0.2) is 0 Å². The number of aliphatic imine (C=N–C) groups is 1. The van der Waals surface area contributed by atoms with Crippen LogP contribution in [0, 0.1) is 5.82 Å². The van der Waals surface area contributed by atoms with Gasteiger partial charge in [0, 0.05) is 6.54 Å². The van der Waals surface area contributed by atoms with Crippen molar-refractivity contribution >= 4 is 33.4 Å². The highest BCUT2D eigenvalue weighted by atomic mass is 32.2. The molecule has 2 aromatic rings. The average molecular weight is 597 g/mol. The first-order chi connectivity index (χ1) is 19.0. The first-order valence-corrected chi connectivity index (χ1v) is 14.2. The molecule has 4 heterocycles. The van der Waals surface area contributed by atoms with Gasteiger partial charge in [0.1, 0.15) is 50.5 Å². The number of fused-ring (bicyclic) bond motifs is 1. The van der Waals surface area contributed by atoms with Crippen LogP contribution >= 0.6 is 0 Å². The summed E-state index contributed by atoms with van der Waals surface area (Å²) in [5.74, 6) is -1.81. The molecule has 2 aromatic heterocycles. The molecule has 2 amide bonds. The summed E-state index contributed by atoms with van der Waals surface area (Å²) in [6.45, 7) is 7.12. The van der Waals surface area contributed by atoms with E-state index < -0.39 is 55.3 Å². The van der Waals surface area contributed by atoms with Gasteiger partial charge in [-0.05, 0) is 72.2 Å². The molecule has 41 heavy (non-hydrogen) atoms. The van der Waals surface area contributed by atoms with Crippen LogP contribution in [0.15, 0.2) is 39.8 Å². The molecule has 0 fully saturated rings. The minimum Gasteiger partial charge on any atom is -0.444 e. The van der Waals surface area contributed by atoms with Crippen molar-refractivity contribution in [2.45, 2.75) is 75.7 Å². The summed E-state index contributed by atoms with van der Waals surface area (Å²) >= 11 is 0. The summed E-state index contributed by atoms with van der Waals surface area (Å²) in [4.78, 5) is 38.3. The predicted molar refractivity (Wildman–Crippen MR) is 145 cm³/mol. The highest BCUT2D eigenvalue weighted by Crippen LogP contribution is 2.47. The summed E-state index contributed by atoms with van der Waals surface area (Å²) in [6, 6.07) is 4.63. The Kier molecular flexibility index (Phi) is 7.80. The van der Waals surface area contributed by atoms with Crippen LogP contribution in [0.2, 0.25) is 0 Å². The van der Waals surface area contributed by atoms with Crippen LogP contribution in [0.4, 0.5) is 23.8 Å². The van der Waals surface area contributed by atoms with Crippen LogP contribution in [0.1, 0.15) is 64.1 Å². The molecular formula is C26H31F3N6O5S. The van der Waals surface area contributed by atoms with Crippen molar-refractivity contribution in [1.29, 1.82) is 0 Å². The van der Waals surface area contributed by atoms with E-state index in [2.05, 4.69) is 29.7 Å². The van der Waals surface area contributed by atoms with Gasteiger partial charge < -0.3 is 14.8 Å². The average Bonchev–Trinajstić information content (AvgIpc) is 3.27. The number of rotatable bonds is 5. The number of aromatic nitrogens is 2. The van der Waals surface area contributed by atoms with Gasteiger partial charge in [0.2, 0.25) is 0 Å². The first kappa shape index (κ1) is 30.2. The lowest BCUT2D eigenvalue weighted by Gasteiger charge is -2.44. The van der Waals surface area contributed by atoms with Crippen molar-refractivity contribution in [2.75, 3.05) is 11.9 Å². The topological polar surface area (TPSA) is 144 Å². The van der Waals surface area contributed by atoms with Crippen LogP contribution in [-0.2, 0) is 20.0 Å². The number of halogens is 3. The third kappa shape index (κ3) is 5.85. The van der Waals surface area contributed by atoms with Crippen LogP contribution in [0.5, 0.6) is 5.75 Å². The zero-order valence-electron chi connectivity index (χ0n) is 23.3. The van der Waals surface area contributed by atoms with Gasteiger partial charge in [0.25, 0.3) is 5.91 Å². The number of carbonyl (C=O) groups excluding carboxylic acids is 2. The fraction of sp³-hybridized carbons (Fsp3) is 0.500. The Labute approximate surface area is 235 Å². The number of carbonyl (C=O) groups is 2. The quantitative estimate of drug-likeness (QED) is 0.512. The number of pyridine rings is 2. The second-order valence-corrected chi connectivity index (χ2v) is 14.2. The van der Waals surface area contributed by atoms with E-state index in [0.717, 1.165) is 18.3 Å². The molecule has 0 bridgehead atoms. The van der Waals surface area contributed by atoms with E-state index in [1.54, 1.807) is 41.5 Å². The van der Waals surface area contributed by atoms with Crippen molar-refractivity contribution in [3.05, 3.63) is 47.7 Å². The number of anilines is 1. The molecule has 0 saturated heterocycles. The van der Waals surface area contributed by atoms with Crippen LogP contribution in [-0.4, -0.2) is 60.8 Å². The van der Waals surface area contributed by atoms with Gasteiger partial charge >= 0.3 is 12.7 Å². The van der Waals surface area contributed by atoms with Crippen molar-refractivity contribution in [1.82, 2.24) is 15.3 Å². The molecule has 0 aromatic carbocycles. The molecule has 2 aliphatic heterocycles. The lowest BCUT2D eigenvalue weighted by molar-refractivity contribution is -0.0500. The number of alkyl halides is 2. The Bertz CT molecular complexity index is 1520. The fourth-order valence-corrected chi connectivity index (χ4v) is 7.94. The number of hydrogen-bond donors (Lipinski definition) is 2. The third-order valence-electron chi connectivity index (χ3n) is 6.71. The molecule has 0 saturated carbocycles. The van der Waals surface area contributed by atoms with Crippen LogP contribution in [0.25, 0.3) is 0 Å². The Hall–Kier alpha value is -3.75. The summed E-state index contributed by atoms with van der Waals surface area (Å²) in [5.41, 5.74) is -2.71. The highest BCUT2D eigenvalue weighted by Gasteiger charge is 2.58. The van der Waals surface area contributed by atoms with Crippen molar-refractivity contribution in [3.8, 4) is 5.75 Å². The van der Waals surface area contributed by atoms with E-state index in [0.29, 0.717) is 6.42 Å². The standard InChI is InChI=1S/C26H31F3N6O5S/c1-24(2,3)40-23(37)34-21-25(4,5)41(38)17(11-12-31-41)26(6,35-21)19-15(27)8-10-18(32-19)33-20(36)16-9-7-14(13-30-16)39-22(28)29/h7-10,13,17,22H,11-12H2,1-6H3,(H,32,33,36)(H,34,35,37)/t17-,26-,41+/m0/s1. The number of alkyl carbamates (subject to hydrolysis) is 1. The molecular weight excluding hydrogens is 565 g/mol. The summed E-state index contributed by atoms with van der Waals surface area (Å²) in [5, 5.41) is 4.33. The van der Waals surface area contributed by atoms with E-state index >= 15 is 4.39 Å². The first-order valence-electron chi connectivity index (χ1n) is 12.7. The maximum Gasteiger partial charge on any atom is 0.413 e. The van der Waals surface area contributed by atoms with Gasteiger partial charge in [-0.1, -0.05) is 0 Å². The molecule has 0 aliphatic carbocycles. The molecule has 11 nitrogen and oxygen atoms in total. The van der Waals surface area contributed by atoms with E-state index in [1.165, 1.54) is 12.1 Å². The second kappa shape index (κ2) is 10.6. The molecule has 3 atom stereocenters. The van der Waals surface area contributed by atoms with Gasteiger partial charge in [-0.25, -0.2) is 27.7 Å². The summed E-state index contributed by atoms with van der Waals surface area (Å²) in [7, 11) is -3.12. The SMILES string of the molecule is CC(C)(C)OC(=O)NC1=N[C@](C)(c2nc(NC(=O)c3ccc(OC(F)F)cn3)ccc2F)[C@@H]2CCN=[S@]2(=O)C1(C)C. The molecule has 0 spiro atoms. The van der Waals surface area contributed by atoms with Gasteiger partial charge in [-0.3, -0.25) is 15.1 Å². The maximum atomic E-state index is 15.4. The molecule has 222 valence electrons. The number of ether oxygens (including phenoxy) is 2. The zero-order valence-corrected chi connectivity index (χ0v) is 24.1. The maximum absolute atomic E-state index is 15.4. The highest BCUT2D eigenvalue weighted by molar-refractivity contribution is 7.96. The molecule has 0 radical (unpaired) electrons. The minimum absolute atomic E-state index is 0.00657. The molecule has 2 N–H and O–H groups in total. The van der Waals surface area contributed by atoms with Crippen molar-refractivity contribution in [3.63, 3.8) is 0 Å². The van der Waals surface area contributed by atoms with Crippen LogP contribution < -0.4 is 15.4 Å². The number of amidine groups is 1. The van der Waals surface area contributed by atoms with Gasteiger partial charge in [0.05, 0.1) is 21.2 Å². The Morgan fingerprint density at radius 1 is 1.12 bits per heavy atom. The minimum atomic E-state index is -3.12. The van der Waals surface area contributed by atoms with E-state index in [1.807, 2.05) is 0 Å². The zero-order chi connectivity index (χ0) is 30.4. The number of amides is 2. The van der Waals surface area contributed by atoms with Gasteiger partial charge in [-0.15, -0.1) is 0 Å². The lowest BCUT2D eigenvalue weighted by Crippen LogP contribution is -2.61. The number of hydrogen-bond acceptors (Lipinski definition) is 9. The smallest absolute Gasteiger partial charge is 0.413 e. The Morgan fingerprint density at radius 2 is 1.83 bits per heavy atom. The van der Waals surface area contributed by atoms with E-state index in [9.17, 15) is 22.6 Å². The van der Waals surface area contributed by atoms with Gasteiger partial charge in [-0.2, -0.15) is 8.78 Å². The van der Waals surface area contributed by atoms with Crippen LogP contribution in [0.3, 0.4) is 0 Å². The number of nitrogens with zero attached hydrogens (tertiary/aromatic N) is 4. The van der Waals surface area contributed by atoms with E-state index in [4.69, 9.17) is 9.73 Å². The lowest BCUT2D eigenvalue weighted by atomic mass is 9.89. The Balaban J connectivity index is 1.71. The third-order valence-corrected chi connectivity index (χ3v) is 10.4. The molecule has 15 heteroatoms. The summed E-state index contributed by atoms with van der Waals surface area (Å²) in [6.07, 6.45) is 0.471. The molecule has 2 aliphatic rings. The largest absolute Gasteiger partial charge is 0.444 e.